The van der Waals surface area contributed by atoms with E-state index < -0.39 is 17.5 Å². The van der Waals surface area contributed by atoms with Crippen LogP contribution in [0.25, 0.3) is 0 Å². The molecule has 1 aromatic carbocycles. The van der Waals surface area contributed by atoms with Crippen LogP contribution in [0.4, 0.5) is 10.5 Å². The van der Waals surface area contributed by atoms with Gasteiger partial charge in [-0.3, -0.25) is 0 Å². The Hall–Kier alpha value is -3.75. The molecule has 1 amide bonds. The van der Waals surface area contributed by atoms with Crippen LogP contribution >= 0.6 is 0 Å². The third-order valence-electron chi connectivity index (χ3n) is 5.74. The molecule has 0 aromatic heterocycles. The molecule has 36 heavy (non-hydrogen) atoms. The number of allylic oxidation sites excluding steroid dienone is 2. The Labute approximate surface area is 211 Å². The molecule has 0 atom stereocenters. The van der Waals surface area contributed by atoms with Gasteiger partial charge in [-0.1, -0.05) is 12.1 Å². The lowest BCUT2D eigenvalue weighted by Gasteiger charge is -2.33. The SMILES string of the molecule is COC(=O)C1=C(C(=O)OC)N(c2cccc(OCC3CCN(C(=O)OC(C)(C)C)CC3)c2)C=CC=C1. The fraction of sp³-hybridized carbons (Fsp3) is 0.444. The van der Waals surface area contributed by atoms with Gasteiger partial charge in [-0.05, 0) is 63.8 Å². The molecular weight excluding hydrogens is 464 g/mol. The van der Waals surface area contributed by atoms with Gasteiger partial charge in [0.05, 0.1) is 26.4 Å². The van der Waals surface area contributed by atoms with Gasteiger partial charge in [-0.25, -0.2) is 14.4 Å². The van der Waals surface area contributed by atoms with E-state index in [-0.39, 0.29) is 17.4 Å². The van der Waals surface area contributed by atoms with Crippen molar-refractivity contribution in [2.24, 2.45) is 5.92 Å². The zero-order chi connectivity index (χ0) is 26.3. The van der Waals surface area contributed by atoms with Crippen molar-refractivity contribution in [1.29, 1.82) is 0 Å². The molecule has 9 heteroatoms. The maximum absolute atomic E-state index is 12.6. The number of amides is 1. The van der Waals surface area contributed by atoms with Crippen molar-refractivity contribution in [2.45, 2.75) is 39.2 Å². The molecule has 1 aromatic rings. The standard InChI is InChI=1S/C27H34N2O7/c1-27(2,3)36-26(32)28-15-12-19(13-16-28)18-35-21-10-8-9-20(17-21)29-14-7-6-11-22(24(30)33-4)23(29)25(31)34-5/h6-11,14,17,19H,12-13,15-16,18H2,1-5H3. The summed E-state index contributed by atoms with van der Waals surface area (Å²) in [5.74, 6) is -0.400. The van der Waals surface area contributed by atoms with Crippen LogP contribution in [-0.2, 0) is 23.8 Å². The monoisotopic (exact) mass is 498 g/mol. The summed E-state index contributed by atoms with van der Waals surface area (Å²) in [6.07, 6.45) is 7.90. The maximum Gasteiger partial charge on any atom is 0.410 e. The molecule has 0 N–H and O–H groups in total. The number of carbonyl (C=O) groups is 3. The minimum atomic E-state index is -0.672. The lowest BCUT2D eigenvalue weighted by molar-refractivity contribution is -0.139. The summed E-state index contributed by atoms with van der Waals surface area (Å²) in [4.78, 5) is 40.6. The fourth-order valence-corrected chi connectivity index (χ4v) is 3.91. The molecule has 2 heterocycles. The first kappa shape index (κ1) is 26.8. The van der Waals surface area contributed by atoms with Crippen molar-refractivity contribution >= 4 is 23.7 Å². The summed E-state index contributed by atoms with van der Waals surface area (Å²) < 4.78 is 21.3. The van der Waals surface area contributed by atoms with Gasteiger partial charge >= 0.3 is 18.0 Å². The van der Waals surface area contributed by atoms with E-state index in [0.29, 0.717) is 37.1 Å². The Morgan fingerprint density at radius 1 is 1.00 bits per heavy atom. The summed E-state index contributed by atoms with van der Waals surface area (Å²) in [6.45, 7) is 7.32. The summed E-state index contributed by atoms with van der Waals surface area (Å²) in [7, 11) is 2.52. The topological polar surface area (TPSA) is 94.6 Å². The highest BCUT2D eigenvalue weighted by atomic mass is 16.6. The predicted molar refractivity (Wildman–Crippen MR) is 134 cm³/mol. The first-order valence-corrected chi connectivity index (χ1v) is 11.9. The first-order chi connectivity index (χ1) is 17.1. The van der Waals surface area contributed by atoms with E-state index in [0.717, 1.165) is 12.8 Å². The number of benzene rings is 1. The zero-order valence-corrected chi connectivity index (χ0v) is 21.5. The van der Waals surface area contributed by atoms with Gasteiger partial charge in [-0.15, -0.1) is 0 Å². The Morgan fingerprint density at radius 2 is 1.69 bits per heavy atom. The van der Waals surface area contributed by atoms with Gasteiger partial charge in [-0.2, -0.15) is 0 Å². The normalized spacial score (nSPS) is 16.5. The zero-order valence-electron chi connectivity index (χ0n) is 21.5. The van der Waals surface area contributed by atoms with Crippen molar-refractivity contribution in [3.8, 4) is 5.75 Å². The Balaban J connectivity index is 1.69. The second kappa shape index (κ2) is 11.8. The van der Waals surface area contributed by atoms with Gasteiger partial charge in [0, 0.05) is 31.0 Å². The average molecular weight is 499 g/mol. The van der Waals surface area contributed by atoms with Crippen molar-refractivity contribution in [2.75, 3.05) is 38.8 Å². The Kier molecular flexibility index (Phi) is 8.79. The number of hydrogen-bond donors (Lipinski definition) is 0. The van der Waals surface area contributed by atoms with Gasteiger partial charge < -0.3 is 28.7 Å². The van der Waals surface area contributed by atoms with Crippen LogP contribution in [0, 0.1) is 5.92 Å². The number of hydrogen-bond acceptors (Lipinski definition) is 8. The molecular formula is C27H34N2O7. The average Bonchev–Trinajstić information content (AvgIpc) is 3.09. The summed E-state index contributed by atoms with van der Waals surface area (Å²) in [6, 6.07) is 7.25. The molecule has 2 aliphatic heterocycles. The third kappa shape index (κ3) is 6.90. The Bertz CT molecular complexity index is 1060. The van der Waals surface area contributed by atoms with Crippen molar-refractivity contribution in [3.05, 3.63) is 60.0 Å². The highest BCUT2D eigenvalue weighted by molar-refractivity contribution is 6.05. The fourth-order valence-electron chi connectivity index (χ4n) is 3.91. The molecule has 0 bridgehead atoms. The first-order valence-electron chi connectivity index (χ1n) is 11.9. The molecule has 1 saturated heterocycles. The number of anilines is 1. The number of likely N-dealkylation sites (tertiary alicyclic amines) is 1. The highest BCUT2D eigenvalue weighted by Crippen LogP contribution is 2.30. The minimum Gasteiger partial charge on any atom is -0.493 e. The molecule has 1 fully saturated rings. The van der Waals surface area contributed by atoms with Crippen LogP contribution < -0.4 is 9.64 Å². The lowest BCUT2D eigenvalue weighted by atomic mass is 9.98. The number of carbonyl (C=O) groups excluding carboxylic acids is 3. The van der Waals surface area contributed by atoms with Crippen LogP contribution in [-0.4, -0.2) is 62.4 Å². The van der Waals surface area contributed by atoms with Crippen LogP contribution in [0.1, 0.15) is 33.6 Å². The Morgan fingerprint density at radius 3 is 2.33 bits per heavy atom. The largest absolute Gasteiger partial charge is 0.493 e. The number of piperidine rings is 1. The molecule has 194 valence electrons. The smallest absolute Gasteiger partial charge is 0.410 e. The maximum atomic E-state index is 12.6. The second-order valence-electron chi connectivity index (χ2n) is 9.54. The van der Waals surface area contributed by atoms with Gasteiger partial charge in [0.25, 0.3) is 0 Å². The van der Waals surface area contributed by atoms with Crippen LogP contribution in [0.2, 0.25) is 0 Å². The summed E-state index contributed by atoms with van der Waals surface area (Å²) in [5, 5.41) is 0. The molecule has 9 nitrogen and oxygen atoms in total. The third-order valence-corrected chi connectivity index (χ3v) is 5.74. The van der Waals surface area contributed by atoms with Gasteiger partial charge in [0.15, 0.2) is 0 Å². The molecule has 0 saturated carbocycles. The quantitative estimate of drug-likeness (QED) is 0.425. The van der Waals surface area contributed by atoms with E-state index in [1.807, 2.05) is 32.9 Å². The van der Waals surface area contributed by atoms with Gasteiger partial charge in [0.2, 0.25) is 0 Å². The number of nitrogens with zero attached hydrogens (tertiary/aromatic N) is 2. The number of rotatable bonds is 6. The van der Waals surface area contributed by atoms with Gasteiger partial charge in [0.1, 0.15) is 17.0 Å². The molecule has 0 radical (unpaired) electrons. The van der Waals surface area contributed by atoms with Crippen molar-refractivity contribution in [3.63, 3.8) is 0 Å². The number of methoxy groups -OCH3 is 2. The molecule has 0 unspecified atom stereocenters. The molecule has 0 spiro atoms. The van der Waals surface area contributed by atoms with Crippen LogP contribution in [0.5, 0.6) is 5.75 Å². The lowest BCUT2D eigenvalue weighted by Crippen LogP contribution is -2.42. The van der Waals surface area contributed by atoms with Crippen molar-refractivity contribution in [1.82, 2.24) is 4.90 Å². The van der Waals surface area contributed by atoms with E-state index in [9.17, 15) is 14.4 Å². The highest BCUT2D eigenvalue weighted by Gasteiger charge is 2.29. The molecule has 2 aliphatic rings. The number of ether oxygens (including phenoxy) is 4. The summed E-state index contributed by atoms with van der Waals surface area (Å²) >= 11 is 0. The van der Waals surface area contributed by atoms with Crippen LogP contribution in [0.15, 0.2) is 60.0 Å². The van der Waals surface area contributed by atoms with E-state index >= 15 is 0 Å². The van der Waals surface area contributed by atoms with E-state index in [1.54, 1.807) is 40.3 Å². The van der Waals surface area contributed by atoms with Crippen molar-refractivity contribution < 1.29 is 33.3 Å². The second-order valence-corrected chi connectivity index (χ2v) is 9.54. The van der Waals surface area contributed by atoms with Crippen LogP contribution in [0.3, 0.4) is 0 Å². The van der Waals surface area contributed by atoms with E-state index in [1.165, 1.54) is 20.3 Å². The summed E-state index contributed by atoms with van der Waals surface area (Å²) in [5.41, 5.74) is 0.230. The molecule has 3 rings (SSSR count). The van der Waals surface area contributed by atoms with E-state index in [4.69, 9.17) is 18.9 Å². The molecule has 0 aliphatic carbocycles. The predicted octanol–water partition coefficient (Wildman–Crippen LogP) is 4.20. The number of esters is 2. The minimum absolute atomic E-state index is 0.0426. The van der Waals surface area contributed by atoms with E-state index in [2.05, 4.69) is 0 Å².